The minimum Gasteiger partial charge on any atom is -0.465 e. The quantitative estimate of drug-likeness (QED) is 0.607. The predicted molar refractivity (Wildman–Crippen MR) is 106 cm³/mol. The van der Waals surface area contributed by atoms with Gasteiger partial charge in [-0.05, 0) is 55.7 Å². The second-order valence-corrected chi connectivity index (χ2v) is 6.82. The lowest BCUT2D eigenvalue weighted by Gasteiger charge is -2.22. The highest BCUT2D eigenvalue weighted by atomic mass is 16.4. The number of nitrogens with one attached hydrogen (secondary N) is 2. The fourth-order valence-corrected chi connectivity index (χ4v) is 3.37. The third-order valence-corrected chi connectivity index (χ3v) is 4.99. The van der Waals surface area contributed by atoms with Gasteiger partial charge in [-0.3, -0.25) is 4.79 Å². The van der Waals surface area contributed by atoms with E-state index in [9.17, 15) is 9.59 Å². The highest BCUT2D eigenvalue weighted by Crippen LogP contribution is 2.26. The summed E-state index contributed by atoms with van der Waals surface area (Å²) in [4.78, 5) is 25.4. The maximum Gasteiger partial charge on any atom is 0.404 e. The first kappa shape index (κ1) is 18.6. The van der Waals surface area contributed by atoms with Gasteiger partial charge in [-0.2, -0.15) is 0 Å². The van der Waals surface area contributed by atoms with E-state index < -0.39 is 6.09 Å². The summed E-state index contributed by atoms with van der Waals surface area (Å²) in [6.07, 6.45) is -0.0629. The molecule has 0 bridgehead atoms. The van der Waals surface area contributed by atoms with Crippen molar-refractivity contribution in [1.29, 1.82) is 0 Å². The van der Waals surface area contributed by atoms with Gasteiger partial charge in [-0.25, -0.2) is 4.79 Å². The van der Waals surface area contributed by atoms with E-state index >= 15 is 0 Å². The zero-order chi connectivity index (χ0) is 19.4. The second kappa shape index (κ2) is 7.99. The number of hydrogen-bond acceptors (Lipinski definition) is 4. The molecule has 2 aromatic rings. The van der Waals surface area contributed by atoms with Crippen molar-refractivity contribution in [2.45, 2.75) is 19.4 Å². The monoisotopic (exact) mass is 368 g/mol. The van der Waals surface area contributed by atoms with Gasteiger partial charge in [0.25, 0.3) is 5.91 Å². The highest BCUT2D eigenvalue weighted by Gasteiger charge is 2.28. The Kier molecular flexibility index (Phi) is 5.49. The average Bonchev–Trinajstić information content (AvgIpc) is 3.13. The van der Waals surface area contributed by atoms with Crippen molar-refractivity contribution in [3.05, 3.63) is 54.1 Å². The van der Waals surface area contributed by atoms with E-state index in [1.807, 2.05) is 31.2 Å². The van der Waals surface area contributed by atoms with Crippen LogP contribution in [-0.2, 0) is 0 Å². The molecule has 2 aromatic carbocycles. The van der Waals surface area contributed by atoms with Gasteiger partial charge >= 0.3 is 6.09 Å². The number of hydrogen-bond donors (Lipinski definition) is 4. The topological polar surface area (TPSA) is 108 Å². The fourth-order valence-electron chi connectivity index (χ4n) is 3.37. The first-order valence-corrected chi connectivity index (χ1v) is 8.94. The number of rotatable bonds is 5. The maximum atomic E-state index is 12.4. The van der Waals surface area contributed by atoms with Crippen molar-refractivity contribution in [2.75, 3.05) is 29.0 Å². The molecule has 0 aromatic heterocycles. The van der Waals surface area contributed by atoms with Crippen LogP contribution < -0.4 is 21.3 Å². The Bertz CT molecular complexity index is 822. The van der Waals surface area contributed by atoms with Crippen LogP contribution in [0.5, 0.6) is 0 Å². The van der Waals surface area contributed by atoms with Gasteiger partial charge in [0.1, 0.15) is 0 Å². The van der Waals surface area contributed by atoms with Gasteiger partial charge < -0.3 is 26.4 Å². The van der Waals surface area contributed by atoms with Crippen LogP contribution in [0.2, 0.25) is 0 Å². The molecule has 5 N–H and O–H groups in total. The highest BCUT2D eigenvalue weighted by molar-refractivity contribution is 6.05. The molecule has 1 aliphatic heterocycles. The Morgan fingerprint density at radius 2 is 1.89 bits per heavy atom. The zero-order valence-corrected chi connectivity index (χ0v) is 15.2. The zero-order valence-electron chi connectivity index (χ0n) is 15.2. The maximum absolute atomic E-state index is 12.4. The minimum atomic E-state index is -0.990. The number of nitrogens with zero attached hydrogens (tertiary/aromatic N) is 1. The van der Waals surface area contributed by atoms with E-state index in [0.717, 1.165) is 25.2 Å². The smallest absolute Gasteiger partial charge is 0.404 e. The molecule has 142 valence electrons. The first-order chi connectivity index (χ1) is 12.9. The number of carboxylic acid groups (broad SMARTS) is 1. The number of benzene rings is 2. The van der Waals surface area contributed by atoms with Crippen LogP contribution in [0.25, 0.3) is 0 Å². The molecule has 1 aliphatic rings. The van der Waals surface area contributed by atoms with Crippen molar-refractivity contribution in [3.8, 4) is 0 Å². The number of para-hydroxylation sites is 2. The van der Waals surface area contributed by atoms with Gasteiger partial charge in [0.05, 0.1) is 11.4 Å². The molecule has 1 saturated heterocycles. The first-order valence-electron chi connectivity index (χ1n) is 8.94. The lowest BCUT2D eigenvalue weighted by atomic mass is 10.0. The Labute approximate surface area is 158 Å². The molecule has 2 unspecified atom stereocenters. The largest absolute Gasteiger partial charge is 0.465 e. The molecule has 27 heavy (non-hydrogen) atoms. The number of amides is 2. The van der Waals surface area contributed by atoms with E-state index in [2.05, 4.69) is 15.5 Å². The van der Waals surface area contributed by atoms with Crippen molar-refractivity contribution >= 4 is 29.1 Å². The normalized spacial score (nSPS) is 17.4. The Morgan fingerprint density at radius 1 is 1.19 bits per heavy atom. The summed E-state index contributed by atoms with van der Waals surface area (Å²) in [5.74, 6) is 0.0585. The molecule has 0 saturated carbocycles. The van der Waals surface area contributed by atoms with Crippen LogP contribution in [0.3, 0.4) is 0 Å². The Balaban J connectivity index is 1.61. The molecule has 7 nitrogen and oxygen atoms in total. The molecule has 7 heteroatoms. The van der Waals surface area contributed by atoms with Gasteiger partial charge in [0.2, 0.25) is 0 Å². The Morgan fingerprint density at radius 3 is 2.56 bits per heavy atom. The lowest BCUT2D eigenvalue weighted by Crippen LogP contribution is -2.38. The van der Waals surface area contributed by atoms with E-state index in [1.54, 1.807) is 24.3 Å². The van der Waals surface area contributed by atoms with Gasteiger partial charge in [0.15, 0.2) is 0 Å². The van der Waals surface area contributed by atoms with Crippen LogP contribution in [0.1, 0.15) is 23.7 Å². The van der Waals surface area contributed by atoms with Crippen LogP contribution in [0.15, 0.2) is 48.5 Å². The fraction of sp³-hybridized carbons (Fsp3) is 0.300. The predicted octanol–water partition coefficient (Wildman–Crippen LogP) is 3.00. The summed E-state index contributed by atoms with van der Waals surface area (Å²) in [5, 5.41) is 14.2. The third-order valence-electron chi connectivity index (χ3n) is 4.99. The molecule has 1 fully saturated rings. The van der Waals surface area contributed by atoms with Crippen LogP contribution in [0, 0.1) is 5.92 Å². The van der Waals surface area contributed by atoms with Gasteiger partial charge in [-0.1, -0.05) is 12.1 Å². The summed E-state index contributed by atoms with van der Waals surface area (Å²) in [7, 11) is 0. The molecular formula is C20H24N4O3. The number of carbonyl (C=O) groups excluding carboxylic acids is 1. The molecule has 2 atom stereocenters. The Hall–Kier alpha value is -3.22. The summed E-state index contributed by atoms with van der Waals surface area (Å²) in [5.41, 5.74) is 8.55. The lowest BCUT2D eigenvalue weighted by molar-refractivity contribution is 0.102. The molecule has 3 rings (SSSR count). The molecule has 0 aliphatic carbocycles. The molecular weight excluding hydrogens is 344 g/mol. The third kappa shape index (κ3) is 4.49. The average molecular weight is 368 g/mol. The van der Waals surface area contributed by atoms with E-state index in [1.165, 1.54) is 0 Å². The number of nitrogen functional groups attached to an aromatic ring is 1. The van der Waals surface area contributed by atoms with Crippen LogP contribution >= 0.6 is 0 Å². The molecule has 1 heterocycles. The van der Waals surface area contributed by atoms with E-state index in [0.29, 0.717) is 16.9 Å². The summed E-state index contributed by atoms with van der Waals surface area (Å²) in [6, 6.07) is 14.5. The van der Waals surface area contributed by atoms with Crippen LogP contribution in [-0.4, -0.2) is 36.2 Å². The summed E-state index contributed by atoms with van der Waals surface area (Å²) >= 11 is 0. The van der Waals surface area contributed by atoms with Crippen molar-refractivity contribution in [3.63, 3.8) is 0 Å². The minimum absolute atomic E-state index is 0.0890. The van der Waals surface area contributed by atoms with E-state index in [4.69, 9.17) is 10.8 Å². The van der Waals surface area contributed by atoms with Gasteiger partial charge in [-0.15, -0.1) is 0 Å². The van der Waals surface area contributed by atoms with Crippen LogP contribution in [0.4, 0.5) is 21.9 Å². The molecule has 0 spiro atoms. The van der Waals surface area contributed by atoms with Crippen molar-refractivity contribution < 1.29 is 14.7 Å². The number of nitrogens with two attached hydrogens (primary N) is 1. The van der Waals surface area contributed by atoms with Crippen molar-refractivity contribution in [2.24, 2.45) is 5.92 Å². The second-order valence-electron chi connectivity index (χ2n) is 6.82. The number of carbonyl (C=O) groups is 2. The SMILES string of the molecule is CC(NC(=O)O)C1CCN(c2ccc(C(=O)Nc3ccccc3N)cc2)C1. The summed E-state index contributed by atoms with van der Waals surface area (Å²) < 4.78 is 0. The molecule has 2 amide bonds. The standard InChI is InChI=1S/C20H24N4O3/c1-13(22-20(26)27)15-10-11-24(12-15)16-8-6-14(7-9-16)19(25)23-18-5-3-2-4-17(18)21/h2-9,13,15,22H,10-12,21H2,1H3,(H,23,25)(H,26,27). The van der Waals surface area contributed by atoms with Gasteiger partial charge in [0, 0.05) is 30.4 Å². The number of anilines is 3. The molecule has 0 radical (unpaired) electrons. The summed E-state index contributed by atoms with van der Waals surface area (Å²) in [6.45, 7) is 3.54. The van der Waals surface area contributed by atoms with E-state index in [-0.39, 0.29) is 17.9 Å². The van der Waals surface area contributed by atoms with Crippen molar-refractivity contribution in [1.82, 2.24) is 5.32 Å².